The maximum absolute atomic E-state index is 14.6. The number of aromatic nitrogens is 2. The van der Waals surface area contributed by atoms with Crippen molar-refractivity contribution in [2.24, 2.45) is 0 Å². The molecule has 0 aliphatic carbocycles. The number of benzene rings is 2. The molecule has 11 heteroatoms. The Balaban J connectivity index is 1.98. The molecule has 0 bridgehead atoms. The molecule has 0 fully saturated rings. The number of nitrogens with zero attached hydrogens (tertiary/aromatic N) is 2. The number of halogens is 1. The van der Waals surface area contributed by atoms with E-state index in [-0.39, 0.29) is 28.6 Å². The highest BCUT2D eigenvalue weighted by molar-refractivity contribution is 7.89. The zero-order chi connectivity index (χ0) is 24.0. The Labute approximate surface area is 191 Å². The van der Waals surface area contributed by atoms with Crippen LogP contribution in [0.15, 0.2) is 47.5 Å². The molecule has 33 heavy (non-hydrogen) atoms. The number of hydrogen-bond donors (Lipinski definition) is 2. The van der Waals surface area contributed by atoms with Crippen LogP contribution in [0.5, 0.6) is 17.2 Å². The second-order valence-electron chi connectivity index (χ2n) is 6.49. The smallest absolute Gasteiger partial charge is 0.241 e. The van der Waals surface area contributed by atoms with Gasteiger partial charge in [-0.05, 0) is 12.1 Å². The highest BCUT2D eigenvalue weighted by Crippen LogP contribution is 2.40. The summed E-state index contributed by atoms with van der Waals surface area (Å²) in [5.74, 6) is 2.75. The van der Waals surface area contributed by atoms with E-state index in [0.29, 0.717) is 22.9 Å². The predicted octanol–water partition coefficient (Wildman–Crippen LogP) is 2.96. The fourth-order valence-electron chi connectivity index (χ4n) is 2.94. The molecule has 9 nitrogen and oxygen atoms in total. The van der Waals surface area contributed by atoms with Crippen LogP contribution in [0.4, 0.5) is 16.0 Å². The standard InChI is InChI=1S/C22H21FN4O5S/c1-5-9-25-33(28,29)16-8-6-7-14(10-16)20-17(23)13-24-22(27-20)26-15-11-18(30-2)21(32-4)19(12-15)31-3/h1,6-8,10-13,25H,9H2,2-4H3,(H,24,26,27). The van der Waals surface area contributed by atoms with Crippen LogP contribution in [0.25, 0.3) is 11.3 Å². The van der Waals surface area contributed by atoms with E-state index in [0.717, 1.165) is 6.20 Å². The lowest BCUT2D eigenvalue weighted by Gasteiger charge is -2.15. The number of rotatable bonds is 9. The molecule has 172 valence electrons. The molecule has 0 saturated carbocycles. The van der Waals surface area contributed by atoms with Crippen molar-refractivity contribution in [2.75, 3.05) is 33.2 Å². The lowest BCUT2D eigenvalue weighted by atomic mass is 10.1. The monoisotopic (exact) mass is 472 g/mol. The van der Waals surface area contributed by atoms with E-state index >= 15 is 0 Å². The van der Waals surface area contributed by atoms with Crippen molar-refractivity contribution in [1.29, 1.82) is 0 Å². The van der Waals surface area contributed by atoms with Crippen LogP contribution in [0.2, 0.25) is 0 Å². The molecule has 0 unspecified atom stereocenters. The first-order valence-corrected chi connectivity index (χ1v) is 10.9. The van der Waals surface area contributed by atoms with Crippen LogP contribution in [-0.2, 0) is 10.0 Å². The first-order chi connectivity index (χ1) is 15.8. The van der Waals surface area contributed by atoms with Gasteiger partial charge in [0.15, 0.2) is 17.3 Å². The molecule has 0 amide bonds. The Morgan fingerprint density at radius 1 is 1.09 bits per heavy atom. The second kappa shape index (κ2) is 10.2. The zero-order valence-electron chi connectivity index (χ0n) is 18.0. The van der Waals surface area contributed by atoms with Crippen LogP contribution in [0.3, 0.4) is 0 Å². The van der Waals surface area contributed by atoms with Crippen molar-refractivity contribution < 1.29 is 27.0 Å². The number of methoxy groups -OCH3 is 3. The van der Waals surface area contributed by atoms with E-state index in [1.54, 1.807) is 12.1 Å². The van der Waals surface area contributed by atoms with Crippen molar-refractivity contribution in [1.82, 2.24) is 14.7 Å². The molecule has 0 radical (unpaired) electrons. The molecule has 0 aliphatic heterocycles. The molecule has 3 aromatic rings. The van der Waals surface area contributed by atoms with Crippen molar-refractivity contribution in [3.8, 4) is 40.8 Å². The Morgan fingerprint density at radius 2 is 1.79 bits per heavy atom. The van der Waals surface area contributed by atoms with Gasteiger partial charge in [-0.2, -0.15) is 4.72 Å². The van der Waals surface area contributed by atoms with E-state index in [1.807, 2.05) is 0 Å². The van der Waals surface area contributed by atoms with Crippen LogP contribution in [-0.4, -0.2) is 46.3 Å². The van der Waals surface area contributed by atoms with Crippen LogP contribution >= 0.6 is 0 Å². The summed E-state index contributed by atoms with van der Waals surface area (Å²) >= 11 is 0. The Bertz CT molecular complexity index is 1280. The highest BCUT2D eigenvalue weighted by Gasteiger charge is 2.18. The van der Waals surface area contributed by atoms with Crippen molar-refractivity contribution in [3.05, 3.63) is 48.4 Å². The van der Waals surface area contributed by atoms with Gasteiger partial charge in [0.05, 0.1) is 39.0 Å². The van der Waals surface area contributed by atoms with E-state index in [1.165, 1.54) is 45.6 Å². The predicted molar refractivity (Wildman–Crippen MR) is 121 cm³/mol. The number of hydrogen-bond acceptors (Lipinski definition) is 8. The van der Waals surface area contributed by atoms with E-state index < -0.39 is 15.8 Å². The topological polar surface area (TPSA) is 112 Å². The first-order valence-electron chi connectivity index (χ1n) is 9.46. The summed E-state index contributed by atoms with van der Waals surface area (Å²) in [5.41, 5.74) is 0.650. The first kappa shape index (κ1) is 23.8. The largest absolute Gasteiger partial charge is 0.493 e. The minimum absolute atomic E-state index is 0.0689. The fourth-order valence-corrected chi connectivity index (χ4v) is 3.92. The summed E-state index contributed by atoms with van der Waals surface area (Å²) in [6.45, 7) is -0.169. The molecule has 0 saturated heterocycles. The molecular formula is C22H21FN4O5S. The lowest BCUT2D eigenvalue weighted by molar-refractivity contribution is 0.324. The molecule has 1 aromatic heterocycles. The number of ether oxygens (including phenoxy) is 3. The molecule has 1 heterocycles. The minimum atomic E-state index is -3.86. The van der Waals surface area contributed by atoms with E-state index in [4.69, 9.17) is 20.6 Å². The van der Waals surface area contributed by atoms with Gasteiger partial charge in [-0.25, -0.2) is 22.8 Å². The quantitative estimate of drug-likeness (QED) is 0.457. The van der Waals surface area contributed by atoms with Crippen LogP contribution in [0, 0.1) is 18.2 Å². The second-order valence-corrected chi connectivity index (χ2v) is 8.25. The summed E-state index contributed by atoms with van der Waals surface area (Å²) < 4.78 is 57.5. The van der Waals surface area contributed by atoms with Gasteiger partial charge in [0, 0.05) is 23.4 Å². The van der Waals surface area contributed by atoms with Crippen LogP contribution < -0.4 is 24.2 Å². The van der Waals surface area contributed by atoms with Gasteiger partial charge >= 0.3 is 0 Å². The summed E-state index contributed by atoms with van der Waals surface area (Å²) in [6.07, 6.45) is 6.10. The van der Waals surface area contributed by atoms with Crippen molar-refractivity contribution in [2.45, 2.75) is 4.90 Å². The number of terminal acetylenes is 1. The number of anilines is 2. The summed E-state index contributed by atoms with van der Waals surface area (Å²) in [6, 6.07) is 8.96. The molecule has 0 spiro atoms. The lowest BCUT2D eigenvalue weighted by Crippen LogP contribution is -2.23. The van der Waals surface area contributed by atoms with E-state index in [9.17, 15) is 12.8 Å². The SMILES string of the molecule is C#CCNS(=O)(=O)c1cccc(-c2nc(Nc3cc(OC)c(OC)c(OC)c3)ncc2F)c1. The average molecular weight is 472 g/mol. The van der Waals surface area contributed by atoms with Gasteiger partial charge in [0.1, 0.15) is 5.69 Å². The van der Waals surface area contributed by atoms with Gasteiger partial charge in [0.25, 0.3) is 0 Å². The van der Waals surface area contributed by atoms with Gasteiger partial charge < -0.3 is 19.5 Å². The Morgan fingerprint density at radius 3 is 2.39 bits per heavy atom. The fraction of sp³-hybridized carbons (Fsp3) is 0.182. The average Bonchev–Trinajstić information content (AvgIpc) is 2.83. The Hall–Kier alpha value is -3.88. The van der Waals surface area contributed by atoms with Gasteiger partial charge in [-0.3, -0.25) is 0 Å². The molecule has 3 rings (SSSR count). The molecule has 2 aromatic carbocycles. The maximum Gasteiger partial charge on any atom is 0.241 e. The highest BCUT2D eigenvalue weighted by atomic mass is 32.2. The maximum atomic E-state index is 14.6. The summed E-state index contributed by atoms with van der Waals surface area (Å²) in [5, 5.41) is 2.96. The van der Waals surface area contributed by atoms with Gasteiger partial charge in [0.2, 0.25) is 21.7 Å². The normalized spacial score (nSPS) is 10.9. The van der Waals surface area contributed by atoms with Gasteiger partial charge in [-0.1, -0.05) is 18.1 Å². The molecule has 0 aliphatic rings. The zero-order valence-corrected chi connectivity index (χ0v) is 18.9. The van der Waals surface area contributed by atoms with Crippen molar-refractivity contribution >= 4 is 21.7 Å². The third kappa shape index (κ3) is 5.31. The minimum Gasteiger partial charge on any atom is -0.493 e. The third-order valence-electron chi connectivity index (χ3n) is 4.45. The summed E-state index contributed by atoms with van der Waals surface area (Å²) in [7, 11) is 0.584. The number of nitrogens with one attached hydrogen (secondary N) is 2. The molecule has 0 atom stereocenters. The van der Waals surface area contributed by atoms with E-state index in [2.05, 4.69) is 25.9 Å². The van der Waals surface area contributed by atoms with Crippen molar-refractivity contribution in [3.63, 3.8) is 0 Å². The number of sulfonamides is 1. The summed E-state index contributed by atoms with van der Waals surface area (Å²) in [4.78, 5) is 8.10. The molecular weight excluding hydrogens is 451 g/mol. The molecule has 2 N–H and O–H groups in total. The Kier molecular flexibility index (Phi) is 7.32. The van der Waals surface area contributed by atoms with Crippen LogP contribution in [0.1, 0.15) is 0 Å². The van der Waals surface area contributed by atoms with Gasteiger partial charge in [-0.15, -0.1) is 6.42 Å². The third-order valence-corrected chi connectivity index (χ3v) is 5.85.